The van der Waals surface area contributed by atoms with E-state index < -0.39 is 0 Å². The Morgan fingerprint density at radius 1 is 1.41 bits per heavy atom. The molecule has 1 atom stereocenters. The standard InChI is InChI=1S/C13H20ClNO2/c1-3-11(9-16)15-8-10-5-6-13(17-4-2)12(14)7-10/h5-7,11,15-16H,3-4,8-9H2,1-2H3/t11-/m0/s1. The Morgan fingerprint density at radius 2 is 2.18 bits per heavy atom. The number of hydrogen-bond acceptors (Lipinski definition) is 3. The molecule has 0 bridgehead atoms. The molecule has 1 rings (SSSR count). The molecule has 0 saturated heterocycles. The van der Waals surface area contributed by atoms with E-state index in [1.165, 1.54) is 0 Å². The van der Waals surface area contributed by atoms with E-state index in [1.54, 1.807) is 0 Å². The quantitative estimate of drug-likeness (QED) is 0.789. The summed E-state index contributed by atoms with van der Waals surface area (Å²) in [7, 11) is 0. The molecule has 0 heterocycles. The average Bonchev–Trinajstić information content (AvgIpc) is 2.34. The van der Waals surface area contributed by atoms with E-state index in [4.69, 9.17) is 21.4 Å². The topological polar surface area (TPSA) is 41.5 Å². The first-order valence-corrected chi connectivity index (χ1v) is 6.34. The van der Waals surface area contributed by atoms with Crippen molar-refractivity contribution in [1.29, 1.82) is 0 Å². The predicted octanol–water partition coefficient (Wildman–Crippen LogP) is 2.60. The summed E-state index contributed by atoms with van der Waals surface area (Å²) in [5, 5.41) is 13.0. The molecule has 96 valence electrons. The van der Waals surface area contributed by atoms with Crippen molar-refractivity contribution in [3.8, 4) is 5.75 Å². The van der Waals surface area contributed by atoms with Gasteiger partial charge in [-0.15, -0.1) is 0 Å². The molecule has 0 aromatic heterocycles. The molecule has 0 radical (unpaired) electrons. The van der Waals surface area contributed by atoms with Gasteiger partial charge in [0.05, 0.1) is 18.2 Å². The fourth-order valence-electron chi connectivity index (χ4n) is 1.53. The van der Waals surface area contributed by atoms with Crippen LogP contribution in [0.3, 0.4) is 0 Å². The number of halogens is 1. The van der Waals surface area contributed by atoms with E-state index in [1.807, 2.05) is 32.0 Å². The van der Waals surface area contributed by atoms with Crippen LogP contribution in [0, 0.1) is 0 Å². The number of aliphatic hydroxyl groups is 1. The van der Waals surface area contributed by atoms with E-state index in [-0.39, 0.29) is 12.6 Å². The van der Waals surface area contributed by atoms with Gasteiger partial charge in [-0.05, 0) is 31.0 Å². The molecule has 0 aliphatic carbocycles. The smallest absolute Gasteiger partial charge is 0.137 e. The molecular formula is C13H20ClNO2. The lowest BCUT2D eigenvalue weighted by Crippen LogP contribution is -2.31. The highest BCUT2D eigenvalue weighted by atomic mass is 35.5. The number of nitrogens with one attached hydrogen (secondary N) is 1. The highest BCUT2D eigenvalue weighted by molar-refractivity contribution is 6.32. The lowest BCUT2D eigenvalue weighted by molar-refractivity contribution is 0.238. The molecule has 0 amide bonds. The third-order valence-corrected chi connectivity index (χ3v) is 2.90. The van der Waals surface area contributed by atoms with Crippen LogP contribution in [-0.4, -0.2) is 24.4 Å². The number of benzene rings is 1. The third kappa shape index (κ3) is 4.54. The maximum atomic E-state index is 9.06. The van der Waals surface area contributed by atoms with Gasteiger partial charge in [-0.25, -0.2) is 0 Å². The van der Waals surface area contributed by atoms with Gasteiger partial charge in [0.15, 0.2) is 0 Å². The average molecular weight is 258 g/mol. The second-order valence-corrected chi connectivity index (χ2v) is 4.27. The van der Waals surface area contributed by atoms with Gasteiger partial charge in [0.1, 0.15) is 5.75 Å². The van der Waals surface area contributed by atoms with Gasteiger partial charge in [0.2, 0.25) is 0 Å². The van der Waals surface area contributed by atoms with Crippen molar-refractivity contribution in [2.75, 3.05) is 13.2 Å². The Bertz CT molecular complexity index is 340. The number of ether oxygens (including phenoxy) is 1. The second kappa shape index (κ2) is 7.54. The zero-order valence-corrected chi connectivity index (χ0v) is 11.1. The van der Waals surface area contributed by atoms with Gasteiger partial charge in [-0.2, -0.15) is 0 Å². The van der Waals surface area contributed by atoms with Crippen LogP contribution < -0.4 is 10.1 Å². The predicted molar refractivity (Wildman–Crippen MR) is 70.6 cm³/mol. The van der Waals surface area contributed by atoms with Gasteiger partial charge >= 0.3 is 0 Å². The van der Waals surface area contributed by atoms with Crippen molar-refractivity contribution in [3.05, 3.63) is 28.8 Å². The maximum Gasteiger partial charge on any atom is 0.137 e. The van der Waals surface area contributed by atoms with E-state index in [9.17, 15) is 0 Å². The zero-order valence-electron chi connectivity index (χ0n) is 10.4. The maximum absolute atomic E-state index is 9.06. The molecule has 2 N–H and O–H groups in total. The van der Waals surface area contributed by atoms with Crippen LogP contribution in [0.15, 0.2) is 18.2 Å². The van der Waals surface area contributed by atoms with Crippen molar-refractivity contribution in [1.82, 2.24) is 5.32 Å². The van der Waals surface area contributed by atoms with Crippen LogP contribution >= 0.6 is 11.6 Å². The third-order valence-electron chi connectivity index (χ3n) is 2.60. The normalized spacial score (nSPS) is 12.5. The summed E-state index contributed by atoms with van der Waals surface area (Å²) in [6.45, 7) is 5.43. The first-order chi connectivity index (χ1) is 8.21. The van der Waals surface area contributed by atoms with E-state index in [0.29, 0.717) is 23.9 Å². The molecule has 0 unspecified atom stereocenters. The van der Waals surface area contributed by atoms with Crippen molar-refractivity contribution in [2.24, 2.45) is 0 Å². The molecule has 0 fully saturated rings. The minimum Gasteiger partial charge on any atom is -0.492 e. The summed E-state index contributed by atoms with van der Waals surface area (Å²) in [6.07, 6.45) is 0.904. The fourth-order valence-corrected chi connectivity index (χ4v) is 1.78. The van der Waals surface area contributed by atoms with Crippen LogP contribution in [0.2, 0.25) is 5.02 Å². The van der Waals surface area contributed by atoms with Gasteiger partial charge in [0.25, 0.3) is 0 Å². The molecule has 1 aromatic carbocycles. The highest BCUT2D eigenvalue weighted by Crippen LogP contribution is 2.25. The Hall–Kier alpha value is -0.770. The van der Waals surface area contributed by atoms with Crippen molar-refractivity contribution in [3.63, 3.8) is 0 Å². The summed E-state index contributed by atoms with van der Waals surface area (Å²) in [5.74, 6) is 0.715. The monoisotopic (exact) mass is 257 g/mol. The van der Waals surface area contributed by atoms with Gasteiger partial charge in [0, 0.05) is 12.6 Å². The highest BCUT2D eigenvalue weighted by Gasteiger charge is 2.05. The molecule has 0 aliphatic rings. The Labute approximate surface area is 108 Å². The van der Waals surface area contributed by atoms with Crippen LogP contribution in [0.5, 0.6) is 5.75 Å². The molecule has 0 saturated carbocycles. The Balaban J connectivity index is 2.58. The van der Waals surface area contributed by atoms with E-state index in [0.717, 1.165) is 12.0 Å². The van der Waals surface area contributed by atoms with Gasteiger partial charge in [-0.1, -0.05) is 24.6 Å². The first kappa shape index (κ1) is 14.3. The molecule has 3 nitrogen and oxygen atoms in total. The minimum absolute atomic E-state index is 0.139. The van der Waals surface area contributed by atoms with E-state index >= 15 is 0 Å². The Morgan fingerprint density at radius 3 is 2.71 bits per heavy atom. The van der Waals surface area contributed by atoms with Crippen molar-refractivity contribution in [2.45, 2.75) is 32.9 Å². The van der Waals surface area contributed by atoms with Gasteiger partial charge in [-0.3, -0.25) is 0 Å². The molecule has 0 spiro atoms. The molecule has 0 aliphatic heterocycles. The summed E-state index contributed by atoms with van der Waals surface area (Å²) in [4.78, 5) is 0. The molecule has 4 heteroatoms. The van der Waals surface area contributed by atoms with Crippen molar-refractivity contribution >= 4 is 11.6 Å². The van der Waals surface area contributed by atoms with Crippen molar-refractivity contribution < 1.29 is 9.84 Å². The van der Waals surface area contributed by atoms with Crippen LogP contribution in [0.25, 0.3) is 0 Å². The zero-order chi connectivity index (χ0) is 12.7. The molecule has 17 heavy (non-hydrogen) atoms. The number of hydrogen-bond donors (Lipinski definition) is 2. The summed E-state index contributed by atoms with van der Waals surface area (Å²) in [6, 6.07) is 5.89. The largest absolute Gasteiger partial charge is 0.492 e. The van der Waals surface area contributed by atoms with Gasteiger partial charge < -0.3 is 15.2 Å². The second-order valence-electron chi connectivity index (χ2n) is 3.87. The summed E-state index contributed by atoms with van der Waals surface area (Å²) >= 11 is 6.09. The van der Waals surface area contributed by atoms with Crippen LogP contribution in [0.1, 0.15) is 25.8 Å². The van der Waals surface area contributed by atoms with Crippen LogP contribution in [0.4, 0.5) is 0 Å². The fraction of sp³-hybridized carbons (Fsp3) is 0.538. The van der Waals surface area contributed by atoms with Crippen LogP contribution in [-0.2, 0) is 6.54 Å². The molecular weight excluding hydrogens is 238 g/mol. The number of aliphatic hydroxyl groups excluding tert-OH is 1. The number of rotatable bonds is 7. The first-order valence-electron chi connectivity index (χ1n) is 5.96. The lowest BCUT2D eigenvalue weighted by atomic mass is 10.2. The lowest BCUT2D eigenvalue weighted by Gasteiger charge is -2.14. The molecule has 1 aromatic rings. The minimum atomic E-state index is 0.139. The van der Waals surface area contributed by atoms with E-state index in [2.05, 4.69) is 5.32 Å². The Kier molecular flexibility index (Phi) is 6.34. The SMILES string of the molecule is CCOc1ccc(CN[C@@H](CC)CO)cc1Cl. The summed E-state index contributed by atoms with van der Waals surface area (Å²) in [5.41, 5.74) is 1.09. The summed E-state index contributed by atoms with van der Waals surface area (Å²) < 4.78 is 5.37.